The van der Waals surface area contributed by atoms with Crippen molar-refractivity contribution < 1.29 is 8.42 Å². The average molecular weight is 384 g/mol. The van der Waals surface area contributed by atoms with Crippen LogP contribution in [0.5, 0.6) is 0 Å². The number of nitrogens with zero attached hydrogens (tertiary/aromatic N) is 1. The monoisotopic (exact) mass is 382 g/mol. The molecule has 7 heteroatoms. The van der Waals surface area contributed by atoms with Gasteiger partial charge in [0.1, 0.15) is 0 Å². The van der Waals surface area contributed by atoms with E-state index < -0.39 is 10.0 Å². The zero-order valence-electron chi connectivity index (χ0n) is 11.4. The quantitative estimate of drug-likeness (QED) is 0.872. The number of rotatable bonds is 3. The third-order valence-electron chi connectivity index (χ3n) is 3.58. The summed E-state index contributed by atoms with van der Waals surface area (Å²) in [4.78, 5) is 0.388. The van der Waals surface area contributed by atoms with Gasteiger partial charge in [-0.15, -0.1) is 12.4 Å². The van der Waals surface area contributed by atoms with Gasteiger partial charge in [0.05, 0.1) is 4.90 Å². The molecule has 1 heterocycles. The number of hydrogen-bond donors (Lipinski definition) is 1. The predicted octanol–water partition coefficient (Wildman–Crippen LogP) is 2.54. The summed E-state index contributed by atoms with van der Waals surface area (Å²) in [6.07, 6.45) is 1.90. The predicted molar refractivity (Wildman–Crippen MR) is 86.7 cm³/mol. The number of benzene rings is 1. The van der Waals surface area contributed by atoms with Crippen molar-refractivity contribution in [1.29, 1.82) is 0 Å². The minimum Gasteiger partial charge on any atom is -0.330 e. The minimum absolute atomic E-state index is 0. The normalized spacial score (nSPS) is 20.4. The Bertz CT molecular complexity index is 565. The molecular weight excluding hydrogens is 364 g/mol. The Morgan fingerprint density at radius 1 is 1.45 bits per heavy atom. The highest BCUT2D eigenvalue weighted by Crippen LogP contribution is 2.27. The molecule has 1 aromatic carbocycles. The molecule has 2 N–H and O–H groups in total. The standard InChI is InChI=1S/C13H19BrN2O2S.ClH/c1-10-4-5-12(14)7-13(10)19(17,18)16-6-2-3-11(8-15)9-16;/h4-5,7,11H,2-3,6,8-9,15H2,1H3;1H. The molecule has 1 atom stereocenters. The van der Waals surface area contributed by atoms with E-state index in [2.05, 4.69) is 15.9 Å². The summed E-state index contributed by atoms with van der Waals surface area (Å²) in [6.45, 7) is 3.49. The van der Waals surface area contributed by atoms with Crippen molar-refractivity contribution in [3.8, 4) is 0 Å². The van der Waals surface area contributed by atoms with E-state index in [0.717, 1.165) is 22.9 Å². The highest BCUT2D eigenvalue weighted by atomic mass is 79.9. The third-order valence-corrected chi connectivity index (χ3v) is 6.08. The number of aryl methyl sites for hydroxylation is 1. The van der Waals surface area contributed by atoms with Gasteiger partial charge >= 0.3 is 0 Å². The summed E-state index contributed by atoms with van der Waals surface area (Å²) < 4.78 is 27.7. The van der Waals surface area contributed by atoms with Crippen LogP contribution >= 0.6 is 28.3 Å². The fraction of sp³-hybridized carbons (Fsp3) is 0.538. The summed E-state index contributed by atoms with van der Waals surface area (Å²) in [5, 5.41) is 0. The van der Waals surface area contributed by atoms with Crippen LogP contribution in [0.4, 0.5) is 0 Å². The second kappa shape index (κ2) is 7.22. The van der Waals surface area contributed by atoms with Gasteiger partial charge in [0.25, 0.3) is 0 Å². The summed E-state index contributed by atoms with van der Waals surface area (Å²) in [5.41, 5.74) is 6.45. The lowest BCUT2D eigenvalue weighted by atomic mass is 10.0. The molecule has 1 saturated heterocycles. The molecule has 0 bridgehead atoms. The second-order valence-corrected chi connectivity index (χ2v) is 7.84. The van der Waals surface area contributed by atoms with Crippen LogP contribution in [0.2, 0.25) is 0 Å². The molecule has 0 spiro atoms. The smallest absolute Gasteiger partial charge is 0.243 e. The molecule has 0 aliphatic carbocycles. The highest BCUT2D eigenvalue weighted by Gasteiger charge is 2.30. The van der Waals surface area contributed by atoms with Gasteiger partial charge in [-0.25, -0.2) is 8.42 Å². The van der Waals surface area contributed by atoms with E-state index in [-0.39, 0.29) is 18.3 Å². The van der Waals surface area contributed by atoms with E-state index in [4.69, 9.17) is 5.73 Å². The molecule has 20 heavy (non-hydrogen) atoms. The Labute approximate surface area is 135 Å². The molecular formula is C13H20BrClN2O2S. The molecule has 0 amide bonds. The molecule has 1 aliphatic rings. The van der Waals surface area contributed by atoms with E-state index in [1.165, 1.54) is 0 Å². The van der Waals surface area contributed by atoms with Gasteiger partial charge in [0.2, 0.25) is 10.0 Å². The summed E-state index contributed by atoms with van der Waals surface area (Å²) >= 11 is 3.34. The molecule has 2 rings (SSSR count). The zero-order valence-corrected chi connectivity index (χ0v) is 14.6. The molecule has 0 saturated carbocycles. The summed E-state index contributed by atoms with van der Waals surface area (Å²) in [5.74, 6) is 0.274. The maximum Gasteiger partial charge on any atom is 0.243 e. The molecule has 1 unspecified atom stereocenters. The first kappa shape index (κ1) is 17.9. The Morgan fingerprint density at radius 3 is 2.80 bits per heavy atom. The third kappa shape index (κ3) is 3.74. The number of piperidine rings is 1. The van der Waals surface area contributed by atoms with Crippen LogP contribution in [0.3, 0.4) is 0 Å². The van der Waals surface area contributed by atoms with Gasteiger partial charge in [-0.05, 0) is 49.9 Å². The SMILES string of the molecule is Cc1ccc(Br)cc1S(=O)(=O)N1CCCC(CN)C1.Cl. The molecule has 114 valence electrons. The second-order valence-electron chi connectivity index (χ2n) is 5.02. The summed E-state index contributed by atoms with van der Waals surface area (Å²) in [6, 6.07) is 5.35. The number of sulfonamides is 1. The van der Waals surface area contributed by atoms with Gasteiger partial charge in [-0.1, -0.05) is 22.0 Å². The van der Waals surface area contributed by atoms with Crippen LogP contribution in [0, 0.1) is 12.8 Å². The van der Waals surface area contributed by atoms with Gasteiger partial charge in [0.15, 0.2) is 0 Å². The van der Waals surface area contributed by atoms with Gasteiger partial charge < -0.3 is 5.73 Å². The van der Waals surface area contributed by atoms with Crippen molar-refractivity contribution in [3.05, 3.63) is 28.2 Å². The summed E-state index contributed by atoms with van der Waals surface area (Å²) in [7, 11) is -3.41. The van der Waals surface area contributed by atoms with Crippen molar-refractivity contribution in [3.63, 3.8) is 0 Å². The minimum atomic E-state index is -3.41. The first-order chi connectivity index (χ1) is 8.95. The molecule has 0 aromatic heterocycles. The number of hydrogen-bond acceptors (Lipinski definition) is 3. The number of halogens is 2. The molecule has 1 aromatic rings. The van der Waals surface area contributed by atoms with Crippen LogP contribution in [0.15, 0.2) is 27.6 Å². The van der Waals surface area contributed by atoms with Crippen molar-refractivity contribution in [1.82, 2.24) is 4.31 Å². The molecule has 1 fully saturated rings. The topological polar surface area (TPSA) is 63.4 Å². The van der Waals surface area contributed by atoms with Crippen LogP contribution in [0.25, 0.3) is 0 Å². The Kier molecular flexibility index (Phi) is 6.47. The molecule has 4 nitrogen and oxygen atoms in total. The fourth-order valence-corrected chi connectivity index (χ4v) is 4.75. The van der Waals surface area contributed by atoms with Crippen LogP contribution < -0.4 is 5.73 Å². The van der Waals surface area contributed by atoms with Gasteiger partial charge in [-0.3, -0.25) is 0 Å². The van der Waals surface area contributed by atoms with Gasteiger partial charge in [-0.2, -0.15) is 4.31 Å². The average Bonchev–Trinajstić information content (AvgIpc) is 2.41. The van der Waals surface area contributed by atoms with Crippen LogP contribution in [0.1, 0.15) is 18.4 Å². The van der Waals surface area contributed by atoms with Crippen molar-refractivity contribution in [2.24, 2.45) is 11.7 Å². The largest absolute Gasteiger partial charge is 0.330 e. The van der Waals surface area contributed by atoms with Crippen molar-refractivity contribution >= 4 is 38.4 Å². The first-order valence-corrected chi connectivity index (χ1v) is 8.65. The lowest BCUT2D eigenvalue weighted by molar-refractivity contribution is 0.271. The lowest BCUT2D eigenvalue weighted by Gasteiger charge is -2.31. The Morgan fingerprint density at radius 2 is 2.15 bits per heavy atom. The maximum absolute atomic E-state index is 12.7. The maximum atomic E-state index is 12.7. The first-order valence-electron chi connectivity index (χ1n) is 6.41. The van der Waals surface area contributed by atoms with E-state index in [1.807, 2.05) is 19.1 Å². The van der Waals surface area contributed by atoms with Crippen LogP contribution in [-0.4, -0.2) is 32.4 Å². The van der Waals surface area contributed by atoms with E-state index in [0.29, 0.717) is 24.5 Å². The van der Waals surface area contributed by atoms with Crippen LogP contribution in [-0.2, 0) is 10.0 Å². The Balaban J connectivity index is 0.00000200. The zero-order chi connectivity index (χ0) is 14.0. The molecule has 1 aliphatic heterocycles. The van der Waals surface area contributed by atoms with E-state index >= 15 is 0 Å². The van der Waals surface area contributed by atoms with Crippen molar-refractivity contribution in [2.45, 2.75) is 24.7 Å². The Hall–Kier alpha value is -0.140. The van der Waals surface area contributed by atoms with Crippen molar-refractivity contribution in [2.75, 3.05) is 19.6 Å². The van der Waals surface area contributed by atoms with E-state index in [1.54, 1.807) is 10.4 Å². The van der Waals surface area contributed by atoms with E-state index in [9.17, 15) is 8.42 Å². The lowest BCUT2D eigenvalue weighted by Crippen LogP contribution is -2.42. The highest BCUT2D eigenvalue weighted by molar-refractivity contribution is 9.10. The van der Waals surface area contributed by atoms with Gasteiger partial charge in [0, 0.05) is 17.6 Å². The number of nitrogens with two attached hydrogens (primary N) is 1. The molecule has 0 radical (unpaired) electrons. The fourth-order valence-electron chi connectivity index (χ4n) is 2.43.